The van der Waals surface area contributed by atoms with Gasteiger partial charge in [0, 0.05) is 18.2 Å². The van der Waals surface area contributed by atoms with Crippen LogP contribution in [0.1, 0.15) is 22.3 Å². The fraction of sp³-hybridized carbons (Fsp3) is 0.182. The highest BCUT2D eigenvalue weighted by atomic mass is 16.2. The third-order valence-electron chi connectivity index (χ3n) is 1.88. The molecule has 1 aromatic carbocycles. The van der Waals surface area contributed by atoms with E-state index in [1.165, 1.54) is 6.21 Å². The van der Waals surface area contributed by atoms with Crippen molar-refractivity contribution in [3.63, 3.8) is 0 Å². The summed E-state index contributed by atoms with van der Waals surface area (Å²) in [5.74, 6) is -0.0567. The Kier molecular flexibility index (Phi) is 4.20. The Balaban J connectivity index is 2.53. The standard InChI is InChI=1S/C11H13N3O2/c1-8-3-2-4-9(7-8)10(15)5-6-13-14-11(12)16/h2-4,6-7H,5H2,1H3,(H3,12,14,16). The molecule has 0 heterocycles. The minimum atomic E-state index is -0.751. The summed E-state index contributed by atoms with van der Waals surface area (Å²) >= 11 is 0. The van der Waals surface area contributed by atoms with E-state index in [9.17, 15) is 9.59 Å². The van der Waals surface area contributed by atoms with E-state index in [1.807, 2.05) is 24.5 Å². The van der Waals surface area contributed by atoms with Crippen LogP contribution in [-0.2, 0) is 0 Å². The van der Waals surface area contributed by atoms with E-state index < -0.39 is 6.03 Å². The molecule has 0 bridgehead atoms. The number of rotatable bonds is 4. The third kappa shape index (κ3) is 3.91. The van der Waals surface area contributed by atoms with E-state index >= 15 is 0 Å². The second-order valence-electron chi connectivity index (χ2n) is 3.28. The van der Waals surface area contributed by atoms with Gasteiger partial charge in [0.2, 0.25) is 0 Å². The van der Waals surface area contributed by atoms with Gasteiger partial charge in [0.15, 0.2) is 5.78 Å². The van der Waals surface area contributed by atoms with Crippen molar-refractivity contribution in [2.45, 2.75) is 13.3 Å². The fourth-order valence-corrected chi connectivity index (χ4v) is 1.17. The number of benzene rings is 1. The number of hydrogen-bond donors (Lipinski definition) is 2. The molecule has 0 atom stereocenters. The summed E-state index contributed by atoms with van der Waals surface area (Å²) in [7, 11) is 0. The molecule has 0 fully saturated rings. The normalized spacial score (nSPS) is 10.3. The highest BCUT2D eigenvalue weighted by molar-refractivity contribution is 6.03. The first-order chi connectivity index (χ1) is 7.59. The van der Waals surface area contributed by atoms with E-state index in [4.69, 9.17) is 5.73 Å². The Bertz CT molecular complexity index is 427. The van der Waals surface area contributed by atoms with Gasteiger partial charge >= 0.3 is 6.03 Å². The predicted octanol–water partition coefficient (Wildman–Crippen LogP) is 1.22. The van der Waals surface area contributed by atoms with Crippen molar-refractivity contribution in [1.29, 1.82) is 0 Å². The molecular weight excluding hydrogens is 206 g/mol. The third-order valence-corrected chi connectivity index (χ3v) is 1.88. The molecule has 5 heteroatoms. The molecule has 0 aromatic heterocycles. The first-order valence-electron chi connectivity index (χ1n) is 4.76. The highest BCUT2D eigenvalue weighted by Crippen LogP contribution is 2.05. The number of nitrogens with zero attached hydrogens (tertiary/aromatic N) is 1. The number of nitrogens with two attached hydrogens (primary N) is 1. The number of carbonyl (C=O) groups is 2. The molecule has 5 nitrogen and oxygen atoms in total. The number of urea groups is 1. The highest BCUT2D eigenvalue weighted by Gasteiger charge is 2.03. The van der Waals surface area contributed by atoms with Crippen LogP contribution in [0.2, 0.25) is 0 Å². The van der Waals surface area contributed by atoms with E-state index in [1.54, 1.807) is 12.1 Å². The summed E-state index contributed by atoms with van der Waals surface area (Å²) in [5, 5.41) is 3.49. The summed E-state index contributed by atoms with van der Waals surface area (Å²) in [5.41, 5.74) is 8.47. The maximum Gasteiger partial charge on any atom is 0.332 e. The quantitative estimate of drug-likeness (QED) is 0.453. The van der Waals surface area contributed by atoms with E-state index in [0.29, 0.717) is 5.56 Å². The summed E-state index contributed by atoms with van der Waals surface area (Å²) in [6.45, 7) is 1.92. The molecule has 0 spiro atoms. The van der Waals surface area contributed by atoms with Gasteiger partial charge in [-0.25, -0.2) is 10.2 Å². The zero-order chi connectivity index (χ0) is 12.0. The van der Waals surface area contributed by atoms with E-state index in [-0.39, 0.29) is 12.2 Å². The largest absolute Gasteiger partial charge is 0.350 e. The van der Waals surface area contributed by atoms with Gasteiger partial charge in [-0.2, -0.15) is 5.10 Å². The maximum absolute atomic E-state index is 11.6. The molecule has 16 heavy (non-hydrogen) atoms. The van der Waals surface area contributed by atoms with Gasteiger partial charge in [-0.15, -0.1) is 0 Å². The molecule has 2 amide bonds. The number of nitrogens with one attached hydrogen (secondary N) is 1. The topological polar surface area (TPSA) is 84.6 Å². The van der Waals surface area contributed by atoms with Crippen LogP contribution >= 0.6 is 0 Å². The Morgan fingerprint density at radius 3 is 2.88 bits per heavy atom. The van der Waals surface area contributed by atoms with Crippen LogP contribution < -0.4 is 11.2 Å². The second-order valence-corrected chi connectivity index (χ2v) is 3.28. The number of primary amides is 1. The summed E-state index contributed by atoms with van der Waals surface area (Å²) in [6, 6.07) is 6.53. The SMILES string of the molecule is Cc1cccc(C(=O)CC=NNC(N)=O)c1. The van der Waals surface area contributed by atoms with Crippen LogP contribution in [0.15, 0.2) is 29.4 Å². The minimum Gasteiger partial charge on any atom is -0.350 e. The van der Waals surface area contributed by atoms with Crippen molar-refractivity contribution < 1.29 is 9.59 Å². The molecule has 0 unspecified atom stereocenters. The fourth-order valence-electron chi connectivity index (χ4n) is 1.17. The average molecular weight is 219 g/mol. The first kappa shape index (κ1) is 11.9. The van der Waals surface area contributed by atoms with Gasteiger partial charge < -0.3 is 5.73 Å². The molecule has 0 saturated heterocycles. The number of Topliss-reactive ketones (excluding diaryl/α,β-unsaturated/α-hetero) is 1. The van der Waals surface area contributed by atoms with Crippen molar-refractivity contribution in [3.05, 3.63) is 35.4 Å². The molecule has 84 valence electrons. The summed E-state index contributed by atoms with van der Waals surface area (Å²) < 4.78 is 0. The van der Waals surface area contributed by atoms with Gasteiger partial charge in [0.1, 0.15) is 0 Å². The van der Waals surface area contributed by atoms with Gasteiger partial charge in [0.25, 0.3) is 0 Å². The molecule has 0 saturated carbocycles. The molecule has 1 rings (SSSR count). The smallest absolute Gasteiger partial charge is 0.332 e. The van der Waals surface area contributed by atoms with Gasteiger partial charge in [-0.1, -0.05) is 23.8 Å². The average Bonchev–Trinajstić information content (AvgIpc) is 2.24. The zero-order valence-electron chi connectivity index (χ0n) is 8.93. The minimum absolute atomic E-state index is 0.0567. The molecular formula is C11H13N3O2. The van der Waals surface area contributed by atoms with Crippen molar-refractivity contribution in [2.24, 2.45) is 10.8 Å². The molecule has 0 aliphatic carbocycles. The molecule has 1 aromatic rings. The van der Waals surface area contributed by atoms with E-state index in [0.717, 1.165) is 5.56 Å². The van der Waals surface area contributed by atoms with Crippen molar-refractivity contribution in [3.8, 4) is 0 Å². The lowest BCUT2D eigenvalue weighted by Crippen LogP contribution is -2.24. The van der Waals surface area contributed by atoms with Gasteiger partial charge in [0.05, 0.1) is 0 Å². The van der Waals surface area contributed by atoms with Crippen molar-refractivity contribution in [2.75, 3.05) is 0 Å². The molecule has 0 radical (unpaired) electrons. The van der Waals surface area contributed by atoms with Crippen LogP contribution in [0.5, 0.6) is 0 Å². The summed E-state index contributed by atoms with van der Waals surface area (Å²) in [6.07, 6.45) is 1.44. The number of aryl methyl sites for hydroxylation is 1. The van der Waals surface area contributed by atoms with Gasteiger partial charge in [-0.3, -0.25) is 4.79 Å². The van der Waals surface area contributed by atoms with Crippen LogP contribution in [0, 0.1) is 6.92 Å². The van der Waals surface area contributed by atoms with Crippen molar-refractivity contribution in [1.82, 2.24) is 5.43 Å². The lowest BCUT2D eigenvalue weighted by molar-refractivity contribution is 0.100. The van der Waals surface area contributed by atoms with Gasteiger partial charge in [-0.05, 0) is 13.0 Å². The number of carbonyl (C=O) groups excluding carboxylic acids is 2. The Labute approximate surface area is 93.3 Å². The lowest BCUT2D eigenvalue weighted by Gasteiger charge is -1.98. The zero-order valence-corrected chi connectivity index (χ0v) is 8.93. The lowest BCUT2D eigenvalue weighted by atomic mass is 10.1. The van der Waals surface area contributed by atoms with E-state index in [2.05, 4.69) is 5.10 Å². The monoisotopic (exact) mass is 219 g/mol. The molecule has 0 aliphatic rings. The number of hydrazone groups is 1. The van der Waals surface area contributed by atoms with Crippen molar-refractivity contribution >= 4 is 18.0 Å². The van der Waals surface area contributed by atoms with Crippen LogP contribution in [0.4, 0.5) is 4.79 Å². The maximum atomic E-state index is 11.6. The first-order valence-corrected chi connectivity index (χ1v) is 4.76. The van der Waals surface area contributed by atoms with Crippen LogP contribution in [-0.4, -0.2) is 18.0 Å². The second kappa shape index (κ2) is 5.65. The summed E-state index contributed by atoms with van der Waals surface area (Å²) in [4.78, 5) is 21.9. The Morgan fingerprint density at radius 1 is 1.50 bits per heavy atom. The van der Waals surface area contributed by atoms with Crippen LogP contribution in [0.3, 0.4) is 0 Å². The Morgan fingerprint density at radius 2 is 2.25 bits per heavy atom. The van der Waals surface area contributed by atoms with Crippen LogP contribution in [0.25, 0.3) is 0 Å². The predicted molar refractivity (Wildman–Crippen MR) is 61.3 cm³/mol. The number of amides is 2. The number of ketones is 1. The molecule has 0 aliphatic heterocycles. The Hall–Kier alpha value is -2.17. The molecule has 3 N–H and O–H groups in total. The number of hydrogen-bond acceptors (Lipinski definition) is 3.